The van der Waals surface area contributed by atoms with Gasteiger partial charge in [-0.05, 0) is 19.8 Å². The standard InChI is InChI=1S/C31H60N2O3/c1-4-6-8-10-12-14-16-18-20-22-24-32-30(35)26-29(28(3)34)27-31(36)33-25-23-21-19-17-15-13-11-9-7-5-2/h29H,4-27H2,1-3H3,(H,32,35)(H,33,36). The van der Waals surface area contributed by atoms with E-state index in [0.717, 1.165) is 25.7 Å². The molecule has 2 amide bonds. The number of carbonyl (C=O) groups excluding carboxylic acids is 3. The minimum atomic E-state index is -0.523. The van der Waals surface area contributed by atoms with Gasteiger partial charge in [-0.15, -0.1) is 0 Å². The van der Waals surface area contributed by atoms with Gasteiger partial charge in [0.15, 0.2) is 0 Å². The Morgan fingerprint density at radius 3 is 1.03 bits per heavy atom. The van der Waals surface area contributed by atoms with Gasteiger partial charge < -0.3 is 10.6 Å². The number of ketones is 1. The Kier molecular flexibility index (Phi) is 25.6. The summed E-state index contributed by atoms with van der Waals surface area (Å²) in [6.07, 6.45) is 25.5. The molecule has 0 unspecified atom stereocenters. The van der Waals surface area contributed by atoms with Crippen molar-refractivity contribution in [2.45, 2.75) is 162 Å². The molecule has 5 heteroatoms. The van der Waals surface area contributed by atoms with Crippen molar-refractivity contribution in [3.8, 4) is 0 Å². The van der Waals surface area contributed by atoms with E-state index in [2.05, 4.69) is 24.5 Å². The second kappa shape index (κ2) is 26.7. The monoisotopic (exact) mass is 508 g/mol. The molecule has 0 aromatic rings. The summed E-state index contributed by atoms with van der Waals surface area (Å²) in [5, 5.41) is 5.87. The Bertz CT molecular complexity index is 496. The quantitative estimate of drug-likeness (QED) is 0.110. The van der Waals surface area contributed by atoms with Crippen molar-refractivity contribution in [1.82, 2.24) is 10.6 Å². The molecule has 0 aliphatic rings. The molecule has 0 rings (SSSR count). The van der Waals surface area contributed by atoms with Crippen molar-refractivity contribution in [3.63, 3.8) is 0 Å². The van der Waals surface area contributed by atoms with Gasteiger partial charge in [0.05, 0.1) is 0 Å². The minimum absolute atomic E-state index is 0.0850. The third kappa shape index (κ3) is 24.3. The predicted octanol–water partition coefficient (Wildman–Crippen LogP) is 8.05. The van der Waals surface area contributed by atoms with Crippen LogP contribution in [0.25, 0.3) is 0 Å². The number of hydrogen-bond donors (Lipinski definition) is 2. The minimum Gasteiger partial charge on any atom is -0.356 e. The Morgan fingerprint density at radius 1 is 0.472 bits per heavy atom. The first kappa shape index (κ1) is 34.6. The van der Waals surface area contributed by atoms with Gasteiger partial charge in [0.2, 0.25) is 11.8 Å². The zero-order chi connectivity index (χ0) is 26.7. The third-order valence-electron chi connectivity index (χ3n) is 7.14. The van der Waals surface area contributed by atoms with Crippen molar-refractivity contribution >= 4 is 17.6 Å². The predicted molar refractivity (Wildman–Crippen MR) is 153 cm³/mol. The van der Waals surface area contributed by atoms with Crippen molar-refractivity contribution in [1.29, 1.82) is 0 Å². The molecule has 0 saturated carbocycles. The van der Waals surface area contributed by atoms with E-state index in [-0.39, 0.29) is 30.4 Å². The first-order valence-electron chi connectivity index (χ1n) is 15.5. The maximum atomic E-state index is 12.3. The Balaban J connectivity index is 3.74. The summed E-state index contributed by atoms with van der Waals surface area (Å²) in [4.78, 5) is 36.5. The molecule has 0 bridgehead atoms. The molecule has 0 saturated heterocycles. The van der Waals surface area contributed by atoms with Gasteiger partial charge in [-0.1, -0.05) is 129 Å². The number of nitrogens with one attached hydrogen (secondary N) is 2. The van der Waals surface area contributed by atoms with Crippen LogP contribution >= 0.6 is 0 Å². The van der Waals surface area contributed by atoms with Crippen molar-refractivity contribution in [2.75, 3.05) is 13.1 Å². The van der Waals surface area contributed by atoms with E-state index in [4.69, 9.17) is 0 Å². The van der Waals surface area contributed by atoms with Crippen LogP contribution in [0, 0.1) is 5.92 Å². The van der Waals surface area contributed by atoms with Crippen LogP contribution in [0.3, 0.4) is 0 Å². The summed E-state index contributed by atoms with van der Waals surface area (Å²) in [5.41, 5.74) is 0. The highest BCUT2D eigenvalue weighted by Crippen LogP contribution is 2.13. The molecule has 0 aliphatic heterocycles. The zero-order valence-electron chi connectivity index (χ0n) is 24.3. The van der Waals surface area contributed by atoms with Crippen LogP contribution in [0.1, 0.15) is 162 Å². The van der Waals surface area contributed by atoms with E-state index in [1.54, 1.807) is 0 Å². The number of rotatable bonds is 27. The maximum absolute atomic E-state index is 12.3. The highest BCUT2D eigenvalue weighted by Gasteiger charge is 2.21. The lowest BCUT2D eigenvalue weighted by molar-refractivity contribution is -0.131. The number of unbranched alkanes of at least 4 members (excludes halogenated alkanes) is 18. The zero-order valence-corrected chi connectivity index (χ0v) is 24.3. The van der Waals surface area contributed by atoms with Gasteiger partial charge in [-0.2, -0.15) is 0 Å². The van der Waals surface area contributed by atoms with Gasteiger partial charge in [0.25, 0.3) is 0 Å². The topological polar surface area (TPSA) is 75.3 Å². The highest BCUT2D eigenvalue weighted by molar-refractivity contribution is 5.89. The van der Waals surface area contributed by atoms with Crippen molar-refractivity contribution in [2.24, 2.45) is 5.92 Å². The molecular formula is C31H60N2O3. The van der Waals surface area contributed by atoms with E-state index in [9.17, 15) is 14.4 Å². The van der Waals surface area contributed by atoms with Crippen molar-refractivity contribution < 1.29 is 14.4 Å². The fraction of sp³-hybridized carbons (Fsp3) is 0.903. The van der Waals surface area contributed by atoms with E-state index >= 15 is 0 Å². The Labute approximate surface area is 223 Å². The molecule has 0 atom stereocenters. The molecule has 2 N–H and O–H groups in total. The summed E-state index contributed by atoms with van der Waals surface area (Å²) in [5.74, 6) is -0.842. The van der Waals surface area contributed by atoms with E-state index in [1.807, 2.05) is 0 Å². The molecule has 0 aliphatic carbocycles. The van der Waals surface area contributed by atoms with Crippen LogP contribution in [-0.2, 0) is 14.4 Å². The molecule has 0 radical (unpaired) electrons. The number of amides is 2. The number of Topliss-reactive ketones (excluding diaryl/α,β-unsaturated/α-hetero) is 1. The normalized spacial score (nSPS) is 11.1. The fourth-order valence-corrected chi connectivity index (χ4v) is 4.63. The molecule has 5 nitrogen and oxygen atoms in total. The van der Waals surface area contributed by atoms with Crippen LogP contribution in [0.2, 0.25) is 0 Å². The number of hydrogen-bond acceptors (Lipinski definition) is 3. The molecular weight excluding hydrogens is 448 g/mol. The summed E-state index contributed by atoms with van der Waals surface area (Å²) in [6.45, 7) is 7.29. The lowest BCUT2D eigenvalue weighted by Gasteiger charge is -2.14. The first-order chi connectivity index (χ1) is 17.5. The second-order valence-electron chi connectivity index (χ2n) is 10.8. The molecule has 36 heavy (non-hydrogen) atoms. The smallest absolute Gasteiger partial charge is 0.220 e. The summed E-state index contributed by atoms with van der Waals surface area (Å²) in [6, 6.07) is 0. The van der Waals surface area contributed by atoms with E-state index < -0.39 is 5.92 Å². The maximum Gasteiger partial charge on any atom is 0.220 e. The second-order valence-corrected chi connectivity index (χ2v) is 10.8. The number of carbonyl (C=O) groups is 3. The molecule has 0 aromatic carbocycles. The van der Waals surface area contributed by atoms with Gasteiger partial charge in [-0.3, -0.25) is 14.4 Å². The van der Waals surface area contributed by atoms with Crippen molar-refractivity contribution in [3.05, 3.63) is 0 Å². The van der Waals surface area contributed by atoms with Crippen LogP contribution in [0.4, 0.5) is 0 Å². The first-order valence-corrected chi connectivity index (χ1v) is 15.5. The molecule has 0 spiro atoms. The SMILES string of the molecule is CCCCCCCCCCCCNC(=O)CC(CC(=O)NCCCCCCCCCCCC)C(C)=O. The lowest BCUT2D eigenvalue weighted by atomic mass is 9.96. The lowest BCUT2D eigenvalue weighted by Crippen LogP contribution is -2.32. The average Bonchev–Trinajstić information content (AvgIpc) is 2.85. The summed E-state index contributed by atoms with van der Waals surface area (Å²) in [7, 11) is 0. The molecule has 0 fully saturated rings. The van der Waals surface area contributed by atoms with Gasteiger partial charge >= 0.3 is 0 Å². The highest BCUT2D eigenvalue weighted by atomic mass is 16.2. The summed E-state index contributed by atoms with van der Waals surface area (Å²) >= 11 is 0. The van der Waals surface area contributed by atoms with Crippen LogP contribution in [0.15, 0.2) is 0 Å². The van der Waals surface area contributed by atoms with Crippen LogP contribution < -0.4 is 10.6 Å². The summed E-state index contributed by atoms with van der Waals surface area (Å²) < 4.78 is 0. The van der Waals surface area contributed by atoms with Gasteiger partial charge in [-0.25, -0.2) is 0 Å². The van der Waals surface area contributed by atoms with E-state index in [0.29, 0.717) is 13.1 Å². The van der Waals surface area contributed by atoms with Gasteiger partial charge in [0, 0.05) is 31.8 Å². The van der Waals surface area contributed by atoms with Gasteiger partial charge in [0.1, 0.15) is 5.78 Å². The Morgan fingerprint density at radius 2 is 0.750 bits per heavy atom. The third-order valence-corrected chi connectivity index (χ3v) is 7.14. The van der Waals surface area contributed by atoms with E-state index in [1.165, 1.54) is 110 Å². The fourth-order valence-electron chi connectivity index (χ4n) is 4.63. The van der Waals surface area contributed by atoms with Crippen LogP contribution in [-0.4, -0.2) is 30.7 Å². The largest absolute Gasteiger partial charge is 0.356 e. The Hall–Kier alpha value is -1.39. The van der Waals surface area contributed by atoms with Crippen LogP contribution in [0.5, 0.6) is 0 Å². The molecule has 212 valence electrons. The molecule has 0 heterocycles. The molecule has 0 aromatic heterocycles. The average molecular weight is 509 g/mol.